The molecule has 0 aromatic carbocycles. The van der Waals surface area contributed by atoms with Crippen molar-refractivity contribution in [3.63, 3.8) is 0 Å². The molecule has 108 valence electrons. The highest BCUT2D eigenvalue weighted by Gasteiger charge is 2.20. The molecule has 2 aromatic heterocycles. The van der Waals surface area contributed by atoms with Gasteiger partial charge in [-0.25, -0.2) is 4.52 Å². The minimum atomic E-state index is 0.647. The minimum absolute atomic E-state index is 0.647. The van der Waals surface area contributed by atoms with Gasteiger partial charge in [0.15, 0.2) is 0 Å². The number of rotatable bonds is 5. The summed E-state index contributed by atoms with van der Waals surface area (Å²) < 4.78 is 7.90. The first-order valence-corrected chi connectivity index (χ1v) is 7.19. The first kappa shape index (κ1) is 13.2. The maximum absolute atomic E-state index is 5.85. The molecule has 0 saturated heterocycles. The van der Waals surface area contributed by atoms with Crippen molar-refractivity contribution in [3.8, 4) is 5.88 Å². The van der Waals surface area contributed by atoms with E-state index in [2.05, 4.69) is 32.0 Å². The second kappa shape index (κ2) is 5.32. The van der Waals surface area contributed by atoms with E-state index in [1.165, 1.54) is 17.7 Å². The van der Waals surface area contributed by atoms with Crippen LogP contribution in [0.5, 0.6) is 5.88 Å². The van der Waals surface area contributed by atoms with E-state index >= 15 is 0 Å². The van der Waals surface area contributed by atoms with E-state index < -0.39 is 0 Å². The number of aromatic nitrogens is 2. The number of fused-ring (bicyclic) bond motifs is 3. The van der Waals surface area contributed by atoms with E-state index in [1.807, 2.05) is 21.1 Å². The Bertz CT molecular complexity index is 618. The van der Waals surface area contributed by atoms with E-state index in [-0.39, 0.29) is 0 Å². The number of anilines is 1. The summed E-state index contributed by atoms with van der Waals surface area (Å²) >= 11 is 0. The van der Waals surface area contributed by atoms with Gasteiger partial charge in [-0.15, -0.1) is 5.10 Å². The van der Waals surface area contributed by atoms with Gasteiger partial charge in [-0.2, -0.15) is 0 Å². The Morgan fingerprint density at radius 1 is 1.35 bits per heavy atom. The van der Waals surface area contributed by atoms with Gasteiger partial charge in [-0.3, -0.25) is 0 Å². The standard InChI is InChI=1S/C15H22N4O/c1-16-14-13-8-7-11-5-4-6-12(11)19(13)17-15(14)20-10-9-18(2)3/h7-8,16H,4-6,9-10H2,1-3H3. The van der Waals surface area contributed by atoms with Gasteiger partial charge in [0, 0.05) is 19.3 Å². The average Bonchev–Trinajstić information content (AvgIpc) is 3.00. The number of hydrogen-bond donors (Lipinski definition) is 1. The molecule has 0 fully saturated rings. The van der Waals surface area contributed by atoms with E-state index in [4.69, 9.17) is 4.74 Å². The van der Waals surface area contributed by atoms with Crippen LogP contribution in [0.3, 0.4) is 0 Å². The van der Waals surface area contributed by atoms with Crippen LogP contribution in [0.15, 0.2) is 12.1 Å². The minimum Gasteiger partial charge on any atom is -0.474 e. The quantitative estimate of drug-likeness (QED) is 0.903. The number of ether oxygens (including phenoxy) is 1. The first-order chi connectivity index (χ1) is 9.70. The molecule has 1 aliphatic rings. The molecule has 1 N–H and O–H groups in total. The van der Waals surface area contributed by atoms with E-state index in [0.717, 1.165) is 30.6 Å². The number of pyridine rings is 1. The third kappa shape index (κ3) is 2.22. The summed E-state index contributed by atoms with van der Waals surface area (Å²) in [7, 11) is 6.00. The summed E-state index contributed by atoms with van der Waals surface area (Å²) in [6, 6.07) is 4.37. The Labute approximate surface area is 119 Å². The SMILES string of the molecule is CNc1c(OCCN(C)C)nn2c3c(ccc12)CCC3. The van der Waals surface area contributed by atoms with Gasteiger partial charge in [0.1, 0.15) is 12.3 Å². The lowest BCUT2D eigenvalue weighted by Gasteiger charge is -2.10. The van der Waals surface area contributed by atoms with Crippen molar-refractivity contribution in [2.45, 2.75) is 19.3 Å². The first-order valence-electron chi connectivity index (χ1n) is 7.19. The Balaban J connectivity index is 1.96. The lowest BCUT2D eigenvalue weighted by molar-refractivity contribution is 0.254. The molecule has 3 rings (SSSR count). The molecule has 0 unspecified atom stereocenters. The molecule has 0 bridgehead atoms. The zero-order valence-corrected chi connectivity index (χ0v) is 12.4. The summed E-state index contributed by atoms with van der Waals surface area (Å²) in [6.45, 7) is 1.53. The average molecular weight is 274 g/mol. The highest BCUT2D eigenvalue weighted by atomic mass is 16.5. The Kier molecular flexibility index (Phi) is 3.53. The predicted molar refractivity (Wildman–Crippen MR) is 80.8 cm³/mol. The maximum atomic E-state index is 5.85. The van der Waals surface area contributed by atoms with Crippen LogP contribution in [0.2, 0.25) is 0 Å². The largest absolute Gasteiger partial charge is 0.474 e. The summed E-state index contributed by atoms with van der Waals surface area (Å²) in [4.78, 5) is 2.10. The van der Waals surface area contributed by atoms with Crippen LogP contribution in [0.1, 0.15) is 17.7 Å². The maximum Gasteiger partial charge on any atom is 0.257 e. The van der Waals surface area contributed by atoms with E-state index in [1.54, 1.807) is 0 Å². The van der Waals surface area contributed by atoms with Crippen LogP contribution in [-0.4, -0.2) is 48.8 Å². The fourth-order valence-electron chi connectivity index (χ4n) is 2.78. The van der Waals surface area contributed by atoms with E-state index in [0.29, 0.717) is 12.5 Å². The summed E-state index contributed by atoms with van der Waals surface area (Å²) in [5, 5.41) is 7.89. The molecule has 5 heteroatoms. The lowest BCUT2D eigenvalue weighted by Crippen LogP contribution is -2.19. The van der Waals surface area contributed by atoms with Gasteiger partial charge in [-0.1, -0.05) is 6.07 Å². The van der Waals surface area contributed by atoms with Gasteiger partial charge in [0.2, 0.25) is 0 Å². The molecule has 0 aliphatic heterocycles. The van der Waals surface area contributed by atoms with Gasteiger partial charge >= 0.3 is 0 Å². The number of aryl methyl sites for hydroxylation is 2. The zero-order valence-electron chi connectivity index (χ0n) is 12.4. The molecule has 5 nitrogen and oxygen atoms in total. The number of likely N-dealkylation sites (N-methyl/N-ethyl adjacent to an activating group) is 1. The van der Waals surface area contributed by atoms with Crippen molar-refractivity contribution in [2.75, 3.05) is 39.6 Å². The highest BCUT2D eigenvalue weighted by molar-refractivity contribution is 5.77. The molecule has 0 saturated carbocycles. The molecule has 0 amide bonds. The highest BCUT2D eigenvalue weighted by Crippen LogP contribution is 2.32. The smallest absolute Gasteiger partial charge is 0.257 e. The summed E-state index contributed by atoms with van der Waals surface area (Å²) in [5.41, 5.74) is 4.84. The third-order valence-electron chi connectivity index (χ3n) is 3.84. The summed E-state index contributed by atoms with van der Waals surface area (Å²) in [6.07, 6.45) is 3.49. The van der Waals surface area contributed by atoms with Gasteiger partial charge in [-0.05, 0) is 45.0 Å². The molecule has 2 aromatic rings. The fourth-order valence-corrected chi connectivity index (χ4v) is 2.78. The van der Waals surface area contributed by atoms with E-state index in [9.17, 15) is 0 Å². The van der Waals surface area contributed by atoms with Crippen LogP contribution in [0.25, 0.3) is 5.52 Å². The van der Waals surface area contributed by atoms with Crippen LogP contribution in [0, 0.1) is 0 Å². The Morgan fingerprint density at radius 3 is 2.95 bits per heavy atom. The topological polar surface area (TPSA) is 41.8 Å². The third-order valence-corrected chi connectivity index (χ3v) is 3.84. The number of nitrogens with one attached hydrogen (secondary N) is 1. The molecule has 0 radical (unpaired) electrons. The van der Waals surface area contributed by atoms with Crippen LogP contribution >= 0.6 is 0 Å². The van der Waals surface area contributed by atoms with Crippen molar-refractivity contribution >= 4 is 11.2 Å². The molecular weight excluding hydrogens is 252 g/mol. The van der Waals surface area contributed by atoms with Crippen molar-refractivity contribution in [1.29, 1.82) is 0 Å². The normalized spacial score (nSPS) is 14.0. The number of hydrogen-bond acceptors (Lipinski definition) is 4. The van der Waals surface area contributed by atoms with Crippen molar-refractivity contribution in [1.82, 2.24) is 14.5 Å². The van der Waals surface area contributed by atoms with Crippen LogP contribution in [-0.2, 0) is 12.8 Å². The monoisotopic (exact) mass is 274 g/mol. The Morgan fingerprint density at radius 2 is 2.20 bits per heavy atom. The van der Waals surface area contributed by atoms with Crippen molar-refractivity contribution < 1.29 is 4.74 Å². The molecular formula is C15H22N4O. The molecule has 2 heterocycles. The van der Waals surface area contributed by atoms with Crippen molar-refractivity contribution in [2.24, 2.45) is 0 Å². The predicted octanol–water partition coefficient (Wildman–Crippen LogP) is 1.81. The van der Waals surface area contributed by atoms with Crippen LogP contribution in [0.4, 0.5) is 5.69 Å². The molecule has 1 aliphatic carbocycles. The summed E-state index contributed by atoms with van der Waals surface area (Å²) in [5.74, 6) is 0.703. The van der Waals surface area contributed by atoms with Gasteiger partial charge < -0.3 is 15.0 Å². The molecule has 0 atom stereocenters. The number of nitrogens with zero attached hydrogens (tertiary/aromatic N) is 3. The lowest BCUT2D eigenvalue weighted by atomic mass is 10.2. The second-order valence-electron chi connectivity index (χ2n) is 5.54. The van der Waals surface area contributed by atoms with Gasteiger partial charge in [0.25, 0.3) is 5.88 Å². The second-order valence-corrected chi connectivity index (χ2v) is 5.54. The molecule has 20 heavy (non-hydrogen) atoms. The zero-order chi connectivity index (χ0) is 14.1. The van der Waals surface area contributed by atoms with Gasteiger partial charge in [0.05, 0.1) is 5.52 Å². The molecule has 0 spiro atoms. The fraction of sp³-hybridized carbons (Fsp3) is 0.533. The van der Waals surface area contributed by atoms with Crippen molar-refractivity contribution in [3.05, 3.63) is 23.4 Å². The van der Waals surface area contributed by atoms with Crippen LogP contribution < -0.4 is 10.1 Å². The Hall–Kier alpha value is -1.75.